The number of alkyl halides is 2. The van der Waals surface area contributed by atoms with Crippen LogP contribution < -0.4 is 0 Å². The van der Waals surface area contributed by atoms with Crippen LogP contribution in [0.25, 0.3) is 11.1 Å². The van der Waals surface area contributed by atoms with E-state index in [-0.39, 0.29) is 23.4 Å². The summed E-state index contributed by atoms with van der Waals surface area (Å²) < 4.78 is 38.3. The van der Waals surface area contributed by atoms with Gasteiger partial charge in [0.05, 0.1) is 17.9 Å². The van der Waals surface area contributed by atoms with E-state index >= 15 is 0 Å². The number of carbonyl (C=O) groups excluding carboxylic acids is 1. The predicted molar refractivity (Wildman–Crippen MR) is 139 cm³/mol. The molecule has 202 valence electrons. The molecule has 1 aromatic carbocycles. The van der Waals surface area contributed by atoms with Crippen molar-refractivity contribution in [2.75, 3.05) is 19.8 Å². The van der Waals surface area contributed by atoms with Crippen molar-refractivity contribution >= 4 is 5.91 Å². The Balaban J connectivity index is 1.46. The van der Waals surface area contributed by atoms with Gasteiger partial charge in [-0.25, -0.2) is 8.78 Å². The second kappa shape index (κ2) is 10.2. The number of hydrogen-bond acceptors (Lipinski definition) is 4. The van der Waals surface area contributed by atoms with Crippen LogP contribution in [0.4, 0.5) is 8.78 Å². The lowest BCUT2D eigenvalue weighted by molar-refractivity contribution is -0.131. The standard InChI is InChI=1S/C29H35F2N5O2/c1-3-27(37)35-10-7-26-25(17-35)28(33-36(26)20-8-11-38-12-9-20)21-6-4-5-18-13-22(19-15-32-34(2)16-19)24(29(30)31)14-23(18)21/h13-16,20-21,29H,3-12,17H2,1-2H3. The number of aromatic nitrogens is 4. The molecule has 0 radical (unpaired) electrons. The SMILES string of the molecule is CCC(=O)N1CCc2c(c(C3CCCc4cc(-c5cnn(C)c5)c(C(F)F)cc43)nn2C2CCOCC2)C1. The normalized spacial score (nSPS) is 20.0. The Morgan fingerprint density at radius 2 is 2.00 bits per heavy atom. The molecular formula is C29H35F2N5O2. The summed E-state index contributed by atoms with van der Waals surface area (Å²) in [5.74, 6) is 0.0799. The second-order valence-corrected chi connectivity index (χ2v) is 10.8. The average Bonchev–Trinajstić information content (AvgIpc) is 3.55. The summed E-state index contributed by atoms with van der Waals surface area (Å²) in [6.45, 7) is 4.57. The number of aryl methyl sites for hydroxylation is 2. The first-order chi connectivity index (χ1) is 18.4. The summed E-state index contributed by atoms with van der Waals surface area (Å²) in [5.41, 5.74) is 6.68. The molecule has 0 bridgehead atoms. The molecule has 1 aliphatic carbocycles. The number of benzene rings is 1. The summed E-state index contributed by atoms with van der Waals surface area (Å²) in [4.78, 5) is 14.6. The Morgan fingerprint density at radius 3 is 2.71 bits per heavy atom. The van der Waals surface area contributed by atoms with E-state index in [1.165, 1.54) is 5.69 Å². The fraction of sp³-hybridized carbons (Fsp3) is 0.552. The van der Waals surface area contributed by atoms with Gasteiger partial charge < -0.3 is 9.64 Å². The molecule has 2 aromatic heterocycles. The summed E-state index contributed by atoms with van der Waals surface area (Å²) >= 11 is 0. The fourth-order valence-electron chi connectivity index (χ4n) is 6.57. The van der Waals surface area contributed by atoms with Crippen molar-refractivity contribution in [3.8, 4) is 11.1 Å². The minimum absolute atomic E-state index is 0.0455. The van der Waals surface area contributed by atoms with E-state index < -0.39 is 6.43 Å². The van der Waals surface area contributed by atoms with Gasteiger partial charge in [0.2, 0.25) is 5.91 Å². The van der Waals surface area contributed by atoms with Crippen molar-refractivity contribution in [1.82, 2.24) is 24.5 Å². The van der Waals surface area contributed by atoms with Gasteiger partial charge in [0.1, 0.15) is 0 Å². The largest absolute Gasteiger partial charge is 0.381 e. The third-order valence-electron chi connectivity index (χ3n) is 8.52. The minimum atomic E-state index is -2.59. The van der Waals surface area contributed by atoms with Crippen molar-refractivity contribution in [2.24, 2.45) is 7.05 Å². The lowest BCUT2D eigenvalue weighted by atomic mass is 9.77. The van der Waals surface area contributed by atoms with Gasteiger partial charge in [0.25, 0.3) is 6.43 Å². The Morgan fingerprint density at radius 1 is 1.18 bits per heavy atom. The zero-order valence-electron chi connectivity index (χ0n) is 22.1. The first-order valence-electron chi connectivity index (χ1n) is 13.8. The third-order valence-corrected chi connectivity index (χ3v) is 8.52. The van der Waals surface area contributed by atoms with Crippen LogP contribution in [0, 0.1) is 0 Å². The van der Waals surface area contributed by atoms with Gasteiger partial charge in [-0.2, -0.15) is 10.2 Å². The molecule has 2 aliphatic heterocycles. The highest BCUT2D eigenvalue weighted by molar-refractivity contribution is 5.76. The number of amides is 1. The van der Waals surface area contributed by atoms with Gasteiger partial charge in [0.15, 0.2) is 0 Å². The Hall–Kier alpha value is -3.07. The molecule has 1 atom stereocenters. The van der Waals surface area contributed by atoms with Crippen LogP contribution >= 0.6 is 0 Å². The highest BCUT2D eigenvalue weighted by Gasteiger charge is 2.35. The lowest BCUT2D eigenvalue weighted by Gasteiger charge is -2.31. The smallest absolute Gasteiger partial charge is 0.264 e. The van der Waals surface area contributed by atoms with E-state index in [1.807, 2.05) is 17.9 Å². The van der Waals surface area contributed by atoms with Crippen molar-refractivity contribution in [2.45, 2.75) is 76.8 Å². The van der Waals surface area contributed by atoms with E-state index in [4.69, 9.17) is 9.84 Å². The van der Waals surface area contributed by atoms with E-state index in [2.05, 4.69) is 9.78 Å². The number of ether oxygens (including phenoxy) is 1. The molecule has 38 heavy (non-hydrogen) atoms. The summed E-state index contributed by atoms with van der Waals surface area (Å²) in [7, 11) is 1.80. The van der Waals surface area contributed by atoms with E-state index in [0.29, 0.717) is 30.6 Å². The van der Waals surface area contributed by atoms with Crippen LogP contribution in [-0.2, 0) is 36.0 Å². The Bertz CT molecular complexity index is 1340. The molecule has 0 spiro atoms. The molecule has 0 saturated carbocycles. The molecule has 7 nitrogen and oxygen atoms in total. The molecule has 1 unspecified atom stereocenters. The number of carbonyl (C=O) groups is 1. The van der Waals surface area contributed by atoms with Crippen LogP contribution in [0.15, 0.2) is 24.5 Å². The molecule has 3 aliphatic rings. The molecule has 1 amide bonds. The first-order valence-corrected chi connectivity index (χ1v) is 13.8. The first kappa shape index (κ1) is 25.2. The molecule has 4 heterocycles. The molecule has 1 fully saturated rings. The van der Waals surface area contributed by atoms with Crippen molar-refractivity contribution in [3.63, 3.8) is 0 Å². The van der Waals surface area contributed by atoms with E-state index in [1.54, 1.807) is 30.2 Å². The van der Waals surface area contributed by atoms with Gasteiger partial charge in [-0.15, -0.1) is 0 Å². The van der Waals surface area contributed by atoms with Gasteiger partial charge in [-0.1, -0.05) is 13.0 Å². The zero-order valence-corrected chi connectivity index (χ0v) is 22.1. The van der Waals surface area contributed by atoms with Gasteiger partial charge in [-0.3, -0.25) is 14.2 Å². The molecule has 6 rings (SSSR count). The number of fused-ring (bicyclic) bond motifs is 2. The van der Waals surface area contributed by atoms with Crippen molar-refractivity contribution in [1.29, 1.82) is 0 Å². The molecule has 0 N–H and O–H groups in total. The van der Waals surface area contributed by atoms with Crippen molar-refractivity contribution in [3.05, 3.63) is 58.2 Å². The summed E-state index contributed by atoms with van der Waals surface area (Å²) in [5, 5.41) is 9.45. The average molecular weight is 524 g/mol. The van der Waals surface area contributed by atoms with Crippen molar-refractivity contribution < 1.29 is 18.3 Å². The fourth-order valence-corrected chi connectivity index (χ4v) is 6.57. The van der Waals surface area contributed by atoms with Crippen LogP contribution in [0.3, 0.4) is 0 Å². The van der Waals surface area contributed by atoms with Crippen LogP contribution in [0.2, 0.25) is 0 Å². The van der Waals surface area contributed by atoms with E-state index in [9.17, 15) is 13.6 Å². The quantitative estimate of drug-likeness (QED) is 0.453. The monoisotopic (exact) mass is 523 g/mol. The lowest BCUT2D eigenvalue weighted by Crippen LogP contribution is -2.36. The second-order valence-electron chi connectivity index (χ2n) is 10.8. The number of rotatable bonds is 5. The minimum Gasteiger partial charge on any atom is -0.381 e. The molecule has 9 heteroatoms. The maximum Gasteiger partial charge on any atom is 0.264 e. The number of nitrogens with zero attached hydrogens (tertiary/aromatic N) is 5. The Kier molecular flexibility index (Phi) is 6.80. The van der Waals surface area contributed by atoms with Gasteiger partial charge in [0, 0.05) is 80.7 Å². The van der Waals surface area contributed by atoms with Gasteiger partial charge in [-0.05, 0) is 54.9 Å². The highest BCUT2D eigenvalue weighted by Crippen LogP contribution is 2.44. The predicted octanol–water partition coefficient (Wildman–Crippen LogP) is 5.34. The summed E-state index contributed by atoms with van der Waals surface area (Å²) in [6.07, 6.45) is 6.60. The number of halogens is 2. The molecule has 3 aromatic rings. The third kappa shape index (κ3) is 4.44. The number of hydrogen-bond donors (Lipinski definition) is 0. The highest BCUT2D eigenvalue weighted by atomic mass is 19.3. The van der Waals surface area contributed by atoms with Crippen LogP contribution in [0.1, 0.15) is 91.1 Å². The Labute approximate surface area is 221 Å². The zero-order chi connectivity index (χ0) is 26.4. The van der Waals surface area contributed by atoms with Crippen LogP contribution in [-0.4, -0.2) is 50.1 Å². The molecular weight excluding hydrogens is 488 g/mol. The molecule has 1 saturated heterocycles. The van der Waals surface area contributed by atoms with Gasteiger partial charge >= 0.3 is 0 Å². The van der Waals surface area contributed by atoms with Crippen LogP contribution in [0.5, 0.6) is 0 Å². The maximum absolute atomic E-state index is 14.4. The maximum atomic E-state index is 14.4. The topological polar surface area (TPSA) is 65.2 Å². The summed E-state index contributed by atoms with van der Waals surface area (Å²) in [6, 6.07) is 3.95. The van der Waals surface area contributed by atoms with E-state index in [0.717, 1.165) is 74.1 Å².